The van der Waals surface area contributed by atoms with E-state index in [2.05, 4.69) is 41.4 Å². The molecule has 1 N–H and O–H groups in total. The van der Waals surface area contributed by atoms with Crippen molar-refractivity contribution < 1.29 is 9.53 Å². The minimum atomic E-state index is -0.276. The number of aromatic nitrogens is 2. The van der Waals surface area contributed by atoms with E-state index in [4.69, 9.17) is 9.72 Å². The van der Waals surface area contributed by atoms with Gasteiger partial charge < -0.3 is 9.64 Å². The average molecular weight is 576 g/mol. The molecule has 4 aromatic rings. The Balaban J connectivity index is 1.35. The topological polar surface area (TPSA) is 88.8 Å². The normalized spacial score (nSPS) is 13.0. The van der Waals surface area contributed by atoms with Gasteiger partial charge in [0, 0.05) is 23.7 Å². The number of thiophene rings is 1. The van der Waals surface area contributed by atoms with E-state index in [9.17, 15) is 9.59 Å². The zero-order chi connectivity index (χ0) is 28.1. The molecule has 0 saturated carbocycles. The SMILES string of the molecule is CCN(CC)c1ccc(C=NNC(=O)CSc2nc3sc4c(c3c(=O)n2-c2ccc(OC)cc2)CCCC4)cc1. The summed E-state index contributed by atoms with van der Waals surface area (Å²) in [7, 11) is 1.61. The molecule has 0 spiro atoms. The summed E-state index contributed by atoms with van der Waals surface area (Å²) >= 11 is 2.83. The van der Waals surface area contributed by atoms with E-state index in [0.717, 1.165) is 60.4 Å². The highest BCUT2D eigenvalue weighted by atomic mass is 32.2. The number of carbonyl (C=O) groups is 1. The molecule has 1 aliphatic carbocycles. The molecule has 0 atom stereocenters. The van der Waals surface area contributed by atoms with E-state index in [1.165, 1.54) is 16.6 Å². The molecule has 1 aliphatic rings. The highest BCUT2D eigenvalue weighted by Crippen LogP contribution is 2.35. The van der Waals surface area contributed by atoms with Crippen molar-refractivity contribution in [3.63, 3.8) is 0 Å². The molecule has 0 bridgehead atoms. The van der Waals surface area contributed by atoms with Gasteiger partial charge in [0.2, 0.25) is 0 Å². The van der Waals surface area contributed by atoms with Gasteiger partial charge in [0.1, 0.15) is 10.6 Å². The Hall–Kier alpha value is -3.63. The van der Waals surface area contributed by atoms with Crippen LogP contribution < -0.4 is 20.6 Å². The summed E-state index contributed by atoms with van der Waals surface area (Å²) < 4.78 is 6.91. The molecule has 2 aromatic carbocycles. The zero-order valence-corrected chi connectivity index (χ0v) is 24.6. The lowest BCUT2D eigenvalue weighted by atomic mass is 9.97. The van der Waals surface area contributed by atoms with Gasteiger partial charge in [-0.05, 0) is 87.1 Å². The van der Waals surface area contributed by atoms with Gasteiger partial charge in [0.05, 0.1) is 30.2 Å². The predicted molar refractivity (Wildman–Crippen MR) is 165 cm³/mol. The third-order valence-corrected chi connectivity index (χ3v) is 9.17. The highest BCUT2D eigenvalue weighted by Gasteiger charge is 2.23. The summed E-state index contributed by atoms with van der Waals surface area (Å²) in [5, 5.41) is 5.32. The highest BCUT2D eigenvalue weighted by molar-refractivity contribution is 7.99. The number of nitrogens with one attached hydrogen (secondary N) is 1. The van der Waals surface area contributed by atoms with E-state index in [1.807, 2.05) is 36.4 Å². The molecule has 2 heterocycles. The third kappa shape index (κ3) is 5.93. The molecular formula is C30H33N5O3S2. The largest absolute Gasteiger partial charge is 0.497 e. The van der Waals surface area contributed by atoms with Gasteiger partial charge in [-0.2, -0.15) is 5.10 Å². The number of methoxy groups -OCH3 is 1. The molecular weight excluding hydrogens is 542 g/mol. The van der Waals surface area contributed by atoms with Crippen LogP contribution in [0.3, 0.4) is 0 Å². The van der Waals surface area contributed by atoms with Crippen LogP contribution in [0.1, 0.15) is 42.7 Å². The lowest BCUT2D eigenvalue weighted by Gasteiger charge is -2.20. The van der Waals surface area contributed by atoms with Crippen LogP contribution in [0.2, 0.25) is 0 Å². The second kappa shape index (κ2) is 12.7. The predicted octanol–water partition coefficient (Wildman–Crippen LogP) is 5.42. The van der Waals surface area contributed by atoms with Crippen molar-refractivity contribution in [2.75, 3.05) is 30.9 Å². The van der Waals surface area contributed by atoms with Crippen molar-refractivity contribution in [2.45, 2.75) is 44.7 Å². The molecule has 2 aromatic heterocycles. The van der Waals surface area contributed by atoms with E-state index in [1.54, 1.807) is 29.2 Å². The van der Waals surface area contributed by atoms with E-state index in [-0.39, 0.29) is 17.2 Å². The fraction of sp³-hybridized carbons (Fsp3) is 0.333. The van der Waals surface area contributed by atoms with Crippen molar-refractivity contribution in [1.82, 2.24) is 15.0 Å². The van der Waals surface area contributed by atoms with E-state index in [0.29, 0.717) is 22.0 Å². The number of ether oxygens (including phenoxy) is 1. The Morgan fingerprint density at radius 2 is 1.85 bits per heavy atom. The molecule has 0 unspecified atom stereocenters. The van der Waals surface area contributed by atoms with Crippen LogP contribution in [0.4, 0.5) is 5.69 Å². The van der Waals surface area contributed by atoms with Crippen LogP contribution in [0.25, 0.3) is 15.9 Å². The van der Waals surface area contributed by atoms with Crippen LogP contribution in [-0.4, -0.2) is 47.6 Å². The maximum Gasteiger partial charge on any atom is 0.267 e. The van der Waals surface area contributed by atoms with Gasteiger partial charge in [-0.3, -0.25) is 14.2 Å². The van der Waals surface area contributed by atoms with Gasteiger partial charge in [0.15, 0.2) is 5.16 Å². The summed E-state index contributed by atoms with van der Waals surface area (Å²) in [6.45, 7) is 6.15. The Labute approximate surface area is 242 Å². The first-order valence-electron chi connectivity index (χ1n) is 13.5. The van der Waals surface area contributed by atoms with Crippen LogP contribution in [0, 0.1) is 0 Å². The second-order valence-corrected chi connectivity index (χ2v) is 11.5. The lowest BCUT2D eigenvalue weighted by Crippen LogP contribution is -2.24. The smallest absolute Gasteiger partial charge is 0.267 e. The van der Waals surface area contributed by atoms with Gasteiger partial charge in [0.25, 0.3) is 11.5 Å². The summed E-state index contributed by atoms with van der Waals surface area (Å²) in [6, 6.07) is 15.4. The molecule has 5 rings (SSSR count). The Morgan fingerprint density at radius 1 is 1.12 bits per heavy atom. The number of aryl methyl sites for hydroxylation is 2. The van der Waals surface area contributed by atoms with Crippen molar-refractivity contribution in [2.24, 2.45) is 5.10 Å². The second-order valence-electron chi connectivity index (χ2n) is 9.47. The van der Waals surface area contributed by atoms with Gasteiger partial charge >= 0.3 is 0 Å². The number of fused-ring (bicyclic) bond motifs is 3. The molecule has 208 valence electrons. The average Bonchev–Trinajstić information content (AvgIpc) is 3.36. The minimum absolute atomic E-state index is 0.0669. The quantitative estimate of drug-likeness (QED) is 0.118. The van der Waals surface area contributed by atoms with Crippen LogP contribution >= 0.6 is 23.1 Å². The summed E-state index contributed by atoms with van der Waals surface area (Å²) in [5.41, 5.74) is 6.38. The van der Waals surface area contributed by atoms with Gasteiger partial charge in [-0.25, -0.2) is 10.4 Å². The maximum absolute atomic E-state index is 13.9. The molecule has 10 heteroatoms. The van der Waals surface area contributed by atoms with Crippen molar-refractivity contribution in [3.8, 4) is 11.4 Å². The van der Waals surface area contributed by atoms with Crippen molar-refractivity contribution >= 4 is 51.1 Å². The molecule has 1 amide bonds. The number of thioether (sulfide) groups is 1. The third-order valence-electron chi connectivity index (χ3n) is 7.05. The number of hydrogen-bond donors (Lipinski definition) is 1. The van der Waals surface area contributed by atoms with Gasteiger partial charge in [-0.1, -0.05) is 23.9 Å². The Kier molecular flexibility index (Phi) is 8.86. The van der Waals surface area contributed by atoms with Crippen LogP contribution in [0.5, 0.6) is 5.75 Å². The fourth-order valence-electron chi connectivity index (χ4n) is 4.94. The maximum atomic E-state index is 13.9. The molecule has 0 aliphatic heterocycles. The van der Waals surface area contributed by atoms with Crippen LogP contribution in [-0.2, 0) is 17.6 Å². The number of benzene rings is 2. The molecule has 40 heavy (non-hydrogen) atoms. The number of rotatable bonds is 10. The van der Waals surface area contributed by atoms with Crippen LogP contribution in [0.15, 0.2) is 63.6 Å². The van der Waals surface area contributed by atoms with Crippen molar-refractivity contribution in [3.05, 3.63) is 74.9 Å². The molecule has 0 fully saturated rings. The van der Waals surface area contributed by atoms with E-state index >= 15 is 0 Å². The first-order valence-corrected chi connectivity index (χ1v) is 15.3. The fourth-order valence-corrected chi connectivity index (χ4v) is 7.05. The number of hydrogen-bond acceptors (Lipinski definition) is 8. The molecule has 0 radical (unpaired) electrons. The van der Waals surface area contributed by atoms with Gasteiger partial charge in [-0.15, -0.1) is 11.3 Å². The Bertz CT molecular complexity index is 1570. The summed E-state index contributed by atoms with van der Waals surface area (Å²) in [4.78, 5) is 35.7. The number of carbonyl (C=O) groups excluding carboxylic acids is 1. The van der Waals surface area contributed by atoms with Crippen molar-refractivity contribution in [1.29, 1.82) is 0 Å². The number of amides is 1. The summed E-state index contributed by atoms with van der Waals surface area (Å²) in [6.07, 6.45) is 5.73. The number of anilines is 1. The Morgan fingerprint density at radius 3 is 2.55 bits per heavy atom. The standard InChI is InChI=1S/C30H33N5O3S2/c1-4-34(5-2)21-12-10-20(11-13-21)18-31-33-26(36)19-39-30-32-28-27(24-8-6-7-9-25(24)40-28)29(37)35(30)22-14-16-23(38-3)17-15-22/h10-18H,4-9,19H2,1-3H3,(H,33,36). The minimum Gasteiger partial charge on any atom is -0.497 e. The van der Waals surface area contributed by atoms with E-state index < -0.39 is 0 Å². The molecule has 0 saturated heterocycles. The first kappa shape index (κ1) is 27.9. The molecule has 8 nitrogen and oxygen atoms in total. The number of hydrazone groups is 1. The summed E-state index contributed by atoms with van der Waals surface area (Å²) in [5.74, 6) is 0.493. The zero-order valence-electron chi connectivity index (χ0n) is 23.0. The first-order chi connectivity index (χ1) is 19.5. The monoisotopic (exact) mass is 575 g/mol. The lowest BCUT2D eigenvalue weighted by molar-refractivity contribution is -0.118. The number of nitrogens with zero attached hydrogens (tertiary/aromatic N) is 4.